The van der Waals surface area contributed by atoms with E-state index in [2.05, 4.69) is 31.6 Å². The Hall–Kier alpha value is -3.33. The summed E-state index contributed by atoms with van der Waals surface area (Å²) in [6.45, 7) is 0.300. The molecule has 1 amide bonds. The summed E-state index contributed by atoms with van der Waals surface area (Å²) in [5.41, 5.74) is 3.28. The maximum atomic E-state index is 12.3. The lowest BCUT2D eigenvalue weighted by Gasteiger charge is -2.01. The zero-order valence-corrected chi connectivity index (χ0v) is 15.5. The van der Waals surface area contributed by atoms with Gasteiger partial charge in [0.05, 0.1) is 17.7 Å². The first kappa shape index (κ1) is 18.5. The highest BCUT2D eigenvalue weighted by molar-refractivity contribution is 9.10. The number of amides is 1. The van der Waals surface area contributed by atoms with Gasteiger partial charge in [0.1, 0.15) is 6.20 Å². The molecule has 3 aromatic rings. The van der Waals surface area contributed by atoms with E-state index in [1.807, 2.05) is 54.6 Å². The van der Waals surface area contributed by atoms with Crippen LogP contribution in [0.4, 0.5) is 5.69 Å². The summed E-state index contributed by atoms with van der Waals surface area (Å²) >= 11 is 3.35. The average Bonchev–Trinajstić information content (AvgIpc) is 3.09. The number of aromatic nitrogens is 2. The molecule has 8 nitrogen and oxygen atoms in total. The number of hydrazone groups is 1. The second kappa shape index (κ2) is 8.37. The van der Waals surface area contributed by atoms with Crippen molar-refractivity contribution in [3.8, 4) is 0 Å². The zero-order chi connectivity index (χ0) is 19.2. The van der Waals surface area contributed by atoms with E-state index >= 15 is 0 Å². The Bertz CT molecular complexity index is 984. The van der Waals surface area contributed by atoms with Gasteiger partial charge in [-0.15, -0.1) is 0 Å². The molecule has 3 rings (SSSR count). The Morgan fingerprint density at radius 3 is 2.59 bits per heavy atom. The molecule has 136 valence electrons. The summed E-state index contributed by atoms with van der Waals surface area (Å²) in [4.78, 5) is 22.9. The van der Waals surface area contributed by atoms with Crippen LogP contribution in [-0.2, 0) is 6.54 Å². The molecule has 0 unspecified atom stereocenters. The number of halogens is 1. The highest BCUT2D eigenvalue weighted by Crippen LogP contribution is 2.18. The van der Waals surface area contributed by atoms with Crippen LogP contribution in [0.3, 0.4) is 0 Å². The SMILES string of the molecule is O=C(N/N=C/c1ccccc1)c1nn(Cc2ccc(Br)cc2)cc1[N+](=O)[O-]. The van der Waals surface area contributed by atoms with Crippen LogP contribution in [0.1, 0.15) is 21.6 Å². The first-order valence-electron chi connectivity index (χ1n) is 7.87. The number of carbonyl (C=O) groups excluding carboxylic acids is 1. The summed E-state index contributed by atoms with van der Waals surface area (Å²) in [6, 6.07) is 16.6. The van der Waals surface area contributed by atoms with Gasteiger partial charge < -0.3 is 0 Å². The molecule has 0 aliphatic carbocycles. The number of rotatable bonds is 6. The molecule has 0 saturated heterocycles. The van der Waals surface area contributed by atoms with Crippen LogP contribution in [0.2, 0.25) is 0 Å². The third-order valence-corrected chi connectivity index (χ3v) is 4.12. The van der Waals surface area contributed by atoms with E-state index < -0.39 is 10.8 Å². The molecule has 0 saturated carbocycles. The standard InChI is InChI=1S/C18H14BrN5O3/c19-15-8-6-14(7-9-15)11-23-12-16(24(26)27)17(22-23)18(25)21-20-10-13-4-2-1-3-5-13/h1-10,12H,11H2,(H,21,25)/b20-10+. The van der Waals surface area contributed by atoms with Crippen molar-refractivity contribution < 1.29 is 9.72 Å². The van der Waals surface area contributed by atoms with Crippen molar-refractivity contribution in [1.29, 1.82) is 0 Å². The van der Waals surface area contributed by atoms with E-state index in [-0.39, 0.29) is 11.4 Å². The van der Waals surface area contributed by atoms with Crippen molar-refractivity contribution in [2.24, 2.45) is 5.10 Å². The number of benzene rings is 2. The normalized spacial score (nSPS) is 10.9. The van der Waals surface area contributed by atoms with Gasteiger partial charge in [-0.2, -0.15) is 10.2 Å². The minimum Gasteiger partial charge on any atom is -0.265 e. The molecular formula is C18H14BrN5O3. The molecule has 0 aliphatic rings. The monoisotopic (exact) mass is 427 g/mol. The number of nitrogens with zero attached hydrogens (tertiary/aromatic N) is 4. The fourth-order valence-corrected chi connectivity index (χ4v) is 2.59. The second-order valence-corrected chi connectivity index (χ2v) is 6.47. The van der Waals surface area contributed by atoms with Gasteiger partial charge in [-0.25, -0.2) is 5.43 Å². The molecule has 0 bridgehead atoms. The van der Waals surface area contributed by atoms with Gasteiger partial charge in [0.2, 0.25) is 5.69 Å². The molecule has 0 fully saturated rings. The van der Waals surface area contributed by atoms with Crippen molar-refractivity contribution >= 4 is 33.7 Å². The topological polar surface area (TPSA) is 102 Å². The van der Waals surface area contributed by atoms with Crippen LogP contribution in [0.5, 0.6) is 0 Å². The predicted octanol–water partition coefficient (Wildman–Crippen LogP) is 3.37. The van der Waals surface area contributed by atoms with E-state index in [1.165, 1.54) is 17.1 Å². The minimum atomic E-state index is -0.747. The quantitative estimate of drug-likeness (QED) is 0.370. The van der Waals surface area contributed by atoms with Gasteiger partial charge in [-0.05, 0) is 23.3 Å². The molecule has 27 heavy (non-hydrogen) atoms. The van der Waals surface area contributed by atoms with Gasteiger partial charge in [0.15, 0.2) is 0 Å². The molecule has 0 aliphatic heterocycles. The smallest absolute Gasteiger partial charge is 0.265 e. The first-order valence-corrected chi connectivity index (χ1v) is 8.67. The summed E-state index contributed by atoms with van der Waals surface area (Å²) < 4.78 is 2.28. The largest absolute Gasteiger partial charge is 0.320 e. The van der Waals surface area contributed by atoms with Crippen LogP contribution in [0, 0.1) is 10.1 Å². The highest BCUT2D eigenvalue weighted by atomic mass is 79.9. The third-order valence-electron chi connectivity index (χ3n) is 3.59. The van der Waals surface area contributed by atoms with E-state index in [4.69, 9.17) is 0 Å². The Balaban J connectivity index is 1.76. The number of nitro groups is 1. The van der Waals surface area contributed by atoms with Crippen LogP contribution in [-0.4, -0.2) is 26.8 Å². The summed E-state index contributed by atoms with van der Waals surface area (Å²) in [5.74, 6) is -0.747. The molecular weight excluding hydrogens is 414 g/mol. The van der Waals surface area contributed by atoms with Crippen molar-refractivity contribution in [3.05, 3.63) is 92.2 Å². The van der Waals surface area contributed by atoms with Crippen molar-refractivity contribution in [3.63, 3.8) is 0 Å². The molecule has 9 heteroatoms. The maximum Gasteiger partial charge on any atom is 0.320 e. The predicted molar refractivity (Wildman–Crippen MR) is 104 cm³/mol. The lowest BCUT2D eigenvalue weighted by molar-refractivity contribution is -0.385. The third kappa shape index (κ3) is 4.85. The van der Waals surface area contributed by atoms with Crippen molar-refractivity contribution in [1.82, 2.24) is 15.2 Å². The number of hydrogen-bond acceptors (Lipinski definition) is 5. The molecule has 1 N–H and O–H groups in total. The Morgan fingerprint density at radius 2 is 1.93 bits per heavy atom. The van der Waals surface area contributed by atoms with Gasteiger partial charge in [-0.1, -0.05) is 58.4 Å². The van der Waals surface area contributed by atoms with E-state index in [1.54, 1.807) is 0 Å². The number of nitrogens with one attached hydrogen (secondary N) is 1. The Morgan fingerprint density at radius 1 is 1.22 bits per heavy atom. The van der Waals surface area contributed by atoms with E-state index in [0.717, 1.165) is 15.6 Å². The molecule has 0 atom stereocenters. The van der Waals surface area contributed by atoms with Crippen LogP contribution in [0.15, 0.2) is 70.4 Å². The fourth-order valence-electron chi connectivity index (χ4n) is 2.32. The fraction of sp³-hybridized carbons (Fsp3) is 0.0556. The minimum absolute atomic E-state index is 0.290. The van der Waals surface area contributed by atoms with Crippen molar-refractivity contribution in [2.45, 2.75) is 6.54 Å². The van der Waals surface area contributed by atoms with Gasteiger partial charge >= 0.3 is 5.69 Å². The highest BCUT2D eigenvalue weighted by Gasteiger charge is 2.25. The number of hydrogen-bond donors (Lipinski definition) is 1. The van der Waals surface area contributed by atoms with Crippen LogP contribution >= 0.6 is 15.9 Å². The summed E-state index contributed by atoms with van der Waals surface area (Å²) in [7, 11) is 0. The zero-order valence-electron chi connectivity index (χ0n) is 13.9. The number of carbonyl (C=O) groups is 1. The summed E-state index contributed by atoms with van der Waals surface area (Å²) in [5, 5.41) is 19.1. The van der Waals surface area contributed by atoms with E-state index in [9.17, 15) is 14.9 Å². The molecule has 2 aromatic carbocycles. The Labute approximate surface area is 162 Å². The first-order chi connectivity index (χ1) is 13.0. The lowest BCUT2D eigenvalue weighted by atomic mass is 10.2. The van der Waals surface area contributed by atoms with Crippen molar-refractivity contribution in [2.75, 3.05) is 0 Å². The molecule has 0 spiro atoms. The van der Waals surface area contributed by atoms with Gasteiger partial charge in [0, 0.05) is 4.47 Å². The molecule has 1 aromatic heterocycles. The second-order valence-electron chi connectivity index (χ2n) is 5.55. The maximum absolute atomic E-state index is 12.3. The summed E-state index contributed by atoms with van der Waals surface area (Å²) in [6.07, 6.45) is 2.68. The lowest BCUT2D eigenvalue weighted by Crippen LogP contribution is -2.19. The van der Waals surface area contributed by atoms with Gasteiger partial charge in [0.25, 0.3) is 5.91 Å². The van der Waals surface area contributed by atoms with Gasteiger partial charge in [-0.3, -0.25) is 19.6 Å². The molecule has 1 heterocycles. The van der Waals surface area contributed by atoms with Crippen LogP contribution < -0.4 is 5.43 Å². The Kier molecular flexibility index (Phi) is 5.72. The van der Waals surface area contributed by atoms with Crippen LogP contribution in [0.25, 0.3) is 0 Å². The van der Waals surface area contributed by atoms with E-state index in [0.29, 0.717) is 6.54 Å². The average molecular weight is 428 g/mol. The molecule has 0 radical (unpaired) electrons.